The van der Waals surface area contributed by atoms with Gasteiger partial charge in [0.25, 0.3) is 0 Å². The Morgan fingerprint density at radius 1 is 1.35 bits per heavy atom. The number of nitrogens with zero attached hydrogens (tertiary/aromatic N) is 1. The minimum absolute atomic E-state index is 0.833. The fourth-order valence-electron chi connectivity index (χ4n) is 2.75. The first-order valence-electron chi connectivity index (χ1n) is 7.48. The van der Waals surface area contributed by atoms with Crippen molar-refractivity contribution in [2.24, 2.45) is 5.92 Å². The molecule has 1 aromatic rings. The molecule has 0 aromatic heterocycles. The molecule has 1 aliphatic rings. The standard InChI is InChI=1S/C16H25BrN2O/c1-3-19-8-6-13(7-9-19)11-18-12-14-4-5-16(20-2)15(17)10-14/h4-5,10,13,18H,3,6-9,11-12H2,1-2H3. The van der Waals surface area contributed by atoms with Gasteiger partial charge in [-0.1, -0.05) is 13.0 Å². The van der Waals surface area contributed by atoms with E-state index in [9.17, 15) is 0 Å². The number of ether oxygens (including phenoxy) is 1. The summed E-state index contributed by atoms with van der Waals surface area (Å²) in [6.07, 6.45) is 2.65. The highest BCUT2D eigenvalue weighted by molar-refractivity contribution is 9.10. The molecule has 0 spiro atoms. The molecule has 0 unspecified atom stereocenters. The second kappa shape index (κ2) is 8.01. The van der Waals surface area contributed by atoms with Crippen LogP contribution in [0.4, 0.5) is 0 Å². The van der Waals surface area contributed by atoms with Crippen LogP contribution in [0.1, 0.15) is 25.3 Å². The van der Waals surface area contributed by atoms with Crippen LogP contribution < -0.4 is 10.1 Å². The molecule has 1 aliphatic heterocycles. The zero-order valence-corrected chi connectivity index (χ0v) is 14.1. The van der Waals surface area contributed by atoms with Crippen LogP contribution in [0, 0.1) is 5.92 Å². The zero-order chi connectivity index (χ0) is 14.4. The van der Waals surface area contributed by atoms with Gasteiger partial charge in [-0.2, -0.15) is 0 Å². The maximum atomic E-state index is 5.25. The van der Waals surface area contributed by atoms with Gasteiger partial charge in [-0.25, -0.2) is 0 Å². The first-order chi connectivity index (χ1) is 9.72. The Morgan fingerprint density at radius 3 is 2.70 bits per heavy atom. The molecule has 1 N–H and O–H groups in total. The smallest absolute Gasteiger partial charge is 0.133 e. The van der Waals surface area contributed by atoms with Crippen molar-refractivity contribution in [3.63, 3.8) is 0 Å². The van der Waals surface area contributed by atoms with Crippen LogP contribution in [-0.2, 0) is 6.54 Å². The minimum atomic E-state index is 0.833. The summed E-state index contributed by atoms with van der Waals surface area (Å²) in [4.78, 5) is 2.54. The molecule has 0 bridgehead atoms. The van der Waals surface area contributed by atoms with Crippen molar-refractivity contribution < 1.29 is 4.74 Å². The van der Waals surface area contributed by atoms with E-state index in [4.69, 9.17) is 4.74 Å². The van der Waals surface area contributed by atoms with Crippen LogP contribution in [0.25, 0.3) is 0 Å². The normalized spacial score (nSPS) is 17.4. The third kappa shape index (κ3) is 4.47. The SMILES string of the molecule is CCN1CCC(CNCc2ccc(OC)c(Br)c2)CC1. The average Bonchev–Trinajstić information content (AvgIpc) is 2.48. The van der Waals surface area contributed by atoms with Gasteiger partial charge in [0.15, 0.2) is 0 Å². The first kappa shape index (κ1) is 15.8. The quantitative estimate of drug-likeness (QED) is 0.859. The summed E-state index contributed by atoms with van der Waals surface area (Å²) in [6.45, 7) is 8.02. The van der Waals surface area contributed by atoms with Crippen molar-refractivity contribution in [2.75, 3.05) is 33.3 Å². The van der Waals surface area contributed by atoms with Crippen molar-refractivity contribution >= 4 is 15.9 Å². The highest BCUT2D eigenvalue weighted by atomic mass is 79.9. The molecule has 2 rings (SSSR count). The number of piperidine rings is 1. The summed E-state index contributed by atoms with van der Waals surface area (Å²) >= 11 is 3.53. The lowest BCUT2D eigenvalue weighted by Crippen LogP contribution is -2.36. The maximum Gasteiger partial charge on any atom is 0.133 e. The number of rotatable bonds is 6. The Morgan fingerprint density at radius 2 is 2.10 bits per heavy atom. The number of likely N-dealkylation sites (tertiary alicyclic amines) is 1. The fourth-order valence-corrected chi connectivity index (χ4v) is 3.34. The van der Waals surface area contributed by atoms with Gasteiger partial charge in [0.1, 0.15) is 5.75 Å². The number of methoxy groups -OCH3 is 1. The molecule has 0 atom stereocenters. The summed E-state index contributed by atoms with van der Waals surface area (Å²) in [7, 11) is 1.70. The molecule has 20 heavy (non-hydrogen) atoms. The van der Waals surface area contributed by atoms with E-state index in [-0.39, 0.29) is 0 Å². The minimum Gasteiger partial charge on any atom is -0.496 e. The van der Waals surface area contributed by atoms with Gasteiger partial charge in [0.2, 0.25) is 0 Å². The lowest BCUT2D eigenvalue weighted by atomic mass is 9.97. The predicted molar refractivity (Wildman–Crippen MR) is 87.2 cm³/mol. The highest BCUT2D eigenvalue weighted by Crippen LogP contribution is 2.25. The van der Waals surface area contributed by atoms with Gasteiger partial charge in [0, 0.05) is 6.54 Å². The summed E-state index contributed by atoms with van der Waals surface area (Å²) in [5.74, 6) is 1.72. The molecule has 0 aliphatic carbocycles. The number of hydrogen-bond donors (Lipinski definition) is 1. The van der Waals surface area contributed by atoms with Gasteiger partial charge >= 0.3 is 0 Å². The number of nitrogens with one attached hydrogen (secondary N) is 1. The topological polar surface area (TPSA) is 24.5 Å². The maximum absolute atomic E-state index is 5.25. The second-order valence-corrected chi connectivity index (χ2v) is 6.33. The van der Waals surface area contributed by atoms with Crippen molar-refractivity contribution in [3.8, 4) is 5.75 Å². The van der Waals surface area contributed by atoms with Crippen LogP contribution in [0.2, 0.25) is 0 Å². The number of benzene rings is 1. The monoisotopic (exact) mass is 340 g/mol. The molecule has 0 amide bonds. The largest absolute Gasteiger partial charge is 0.496 e. The van der Waals surface area contributed by atoms with Crippen LogP contribution in [0.5, 0.6) is 5.75 Å². The van der Waals surface area contributed by atoms with Crippen LogP contribution >= 0.6 is 15.9 Å². The summed E-state index contributed by atoms with van der Waals surface area (Å²) in [5.41, 5.74) is 1.30. The van der Waals surface area contributed by atoms with Gasteiger partial charge in [-0.3, -0.25) is 0 Å². The Hall–Kier alpha value is -0.580. The van der Waals surface area contributed by atoms with E-state index in [0.717, 1.165) is 29.2 Å². The van der Waals surface area contributed by atoms with Crippen molar-refractivity contribution in [3.05, 3.63) is 28.2 Å². The van der Waals surface area contributed by atoms with Gasteiger partial charge < -0.3 is 15.0 Å². The molecule has 112 valence electrons. The molecule has 1 aromatic carbocycles. The van der Waals surface area contributed by atoms with Gasteiger partial charge in [-0.15, -0.1) is 0 Å². The molecular formula is C16H25BrN2O. The first-order valence-corrected chi connectivity index (χ1v) is 8.27. The van der Waals surface area contributed by atoms with Crippen molar-refractivity contribution in [2.45, 2.75) is 26.3 Å². The summed E-state index contributed by atoms with van der Waals surface area (Å²) in [5, 5.41) is 3.59. The zero-order valence-electron chi connectivity index (χ0n) is 12.5. The van der Waals surface area contributed by atoms with E-state index in [1.807, 2.05) is 6.07 Å². The highest BCUT2D eigenvalue weighted by Gasteiger charge is 2.17. The van der Waals surface area contributed by atoms with E-state index in [1.165, 1.54) is 38.0 Å². The summed E-state index contributed by atoms with van der Waals surface area (Å²) < 4.78 is 6.27. The molecule has 0 saturated carbocycles. The van der Waals surface area contributed by atoms with E-state index in [0.29, 0.717) is 0 Å². The molecule has 0 radical (unpaired) electrons. The predicted octanol–water partition coefficient (Wildman–Crippen LogP) is 3.28. The van der Waals surface area contributed by atoms with Crippen molar-refractivity contribution in [1.29, 1.82) is 0 Å². The molecule has 1 saturated heterocycles. The van der Waals surface area contributed by atoms with Crippen LogP contribution in [0.3, 0.4) is 0 Å². The van der Waals surface area contributed by atoms with Gasteiger partial charge in [-0.05, 0) is 78.6 Å². The Kier molecular flexibility index (Phi) is 6.33. The third-order valence-corrected chi connectivity index (χ3v) is 4.75. The van der Waals surface area contributed by atoms with E-state index in [1.54, 1.807) is 7.11 Å². The number of hydrogen-bond acceptors (Lipinski definition) is 3. The lowest BCUT2D eigenvalue weighted by Gasteiger charge is -2.31. The third-order valence-electron chi connectivity index (χ3n) is 4.13. The lowest BCUT2D eigenvalue weighted by molar-refractivity contribution is 0.190. The Labute approximate surface area is 130 Å². The molecule has 1 fully saturated rings. The molecule has 4 heteroatoms. The number of halogens is 1. The van der Waals surface area contributed by atoms with Crippen LogP contribution in [0.15, 0.2) is 22.7 Å². The van der Waals surface area contributed by atoms with Crippen molar-refractivity contribution in [1.82, 2.24) is 10.2 Å². The molecular weight excluding hydrogens is 316 g/mol. The van der Waals surface area contributed by atoms with Gasteiger partial charge in [0.05, 0.1) is 11.6 Å². The fraction of sp³-hybridized carbons (Fsp3) is 0.625. The van der Waals surface area contributed by atoms with E-state index >= 15 is 0 Å². The Balaban J connectivity index is 1.72. The van der Waals surface area contributed by atoms with E-state index in [2.05, 4.69) is 45.2 Å². The average molecular weight is 341 g/mol. The molecule has 3 nitrogen and oxygen atoms in total. The van der Waals surface area contributed by atoms with E-state index < -0.39 is 0 Å². The second-order valence-electron chi connectivity index (χ2n) is 5.48. The summed E-state index contributed by atoms with van der Waals surface area (Å²) in [6, 6.07) is 6.27. The Bertz CT molecular complexity index is 417. The van der Waals surface area contributed by atoms with Crippen LogP contribution in [-0.4, -0.2) is 38.2 Å². The molecule has 1 heterocycles.